The van der Waals surface area contributed by atoms with E-state index in [4.69, 9.17) is 5.73 Å². The van der Waals surface area contributed by atoms with Crippen molar-refractivity contribution in [2.45, 2.75) is 45.1 Å². The lowest BCUT2D eigenvalue weighted by Gasteiger charge is -2.30. The molecular formula is C21H25F2N3O2. The maximum Gasteiger partial charge on any atom is 0.388 e. The number of carbonyl (C=O) groups is 1. The van der Waals surface area contributed by atoms with Crippen LogP contribution in [0, 0.1) is 6.92 Å². The maximum absolute atomic E-state index is 12.9. The van der Waals surface area contributed by atoms with Crippen molar-refractivity contribution in [2.75, 3.05) is 18.0 Å². The highest BCUT2D eigenvalue weighted by Crippen LogP contribution is 2.42. The summed E-state index contributed by atoms with van der Waals surface area (Å²) in [7, 11) is 0. The fraction of sp³-hybridized carbons (Fsp3) is 0.429. The van der Waals surface area contributed by atoms with E-state index in [1.54, 1.807) is 19.1 Å². The first-order valence-corrected chi connectivity index (χ1v) is 9.31. The number of anilines is 1. The van der Waals surface area contributed by atoms with Crippen molar-refractivity contribution in [1.29, 1.82) is 0 Å². The predicted molar refractivity (Wildman–Crippen MR) is 104 cm³/mol. The fourth-order valence-corrected chi connectivity index (χ4v) is 3.94. The third-order valence-electron chi connectivity index (χ3n) is 5.36. The highest BCUT2D eigenvalue weighted by molar-refractivity contribution is 5.89. The second-order valence-electron chi connectivity index (χ2n) is 7.52. The lowest BCUT2D eigenvalue weighted by atomic mass is 9.75. The maximum atomic E-state index is 12.9. The third kappa shape index (κ3) is 3.66. The van der Waals surface area contributed by atoms with E-state index < -0.39 is 17.9 Å². The molecule has 1 fully saturated rings. The molecule has 28 heavy (non-hydrogen) atoms. The van der Waals surface area contributed by atoms with Gasteiger partial charge in [-0.1, -0.05) is 38.1 Å². The van der Waals surface area contributed by atoms with E-state index in [0.717, 1.165) is 11.1 Å². The van der Waals surface area contributed by atoms with Gasteiger partial charge in [-0.2, -0.15) is 8.78 Å². The molecule has 7 heteroatoms. The molecule has 0 aliphatic carbocycles. The van der Waals surface area contributed by atoms with Crippen LogP contribution in [0.3, 0.4) is 0 Å². The van der Waals surface area contributed by atoms with E-state index in [1.165, 1.54) is 0 Å². The number of amides is 1. The number of hydrogen-bond acceptors (Lipinski definition) is 4. The molecule has 0 bridgehead atoms. The topological polar surface area (TPSA) is 68.5 Å². The summed E-state index contributed by atoms with van der Waals surface area (Å²) in [6, 6.07) is 11.2. The minimum Gasteiger partial charge on any atom is -0.415 e. The van der Waals surface area contributed by atoms with Gasteiger partial charge in [0.15, 0.2) is 0 Å². The zero-order valence-electron chi connectivity index (χ0n) is 16.3. The van der Waals surface area contributed by atoms with E-state index >= 15 is 0 Å². The monoisotopic (exact) mass is 389 g/mol. The summed E-state index contributed by atoms with van der Waals surface area (Å²) in [4.78, 5) is 18.6. The highest BCUT2D eigenvalue weighted by atomic mass is 19.3. The van der Waals surface area contributed by atoms with Crippen molar-refractivity contribution in [3.8, 4) is 5.88 Å². The Morgan fingerprint density at radius 3 is 2.61 bits per heavy atom. The van der Waals surface area contributed by atoms with E-state index in [0.29, 0.717) is 24.3 Å². The number of halogens is 2. The Kier molecular flexibility index (Phi) is 5.54. The van der Waals surface area contributed by atoms with E-state index in [2.05, 4.69) is 23.6 Å². The third-order valence-corrected chi connectivity index (χ3v) is 5.36. The molecule has 0 spiro atoms. The molecule has 0 saturated carbocycles. The molecule has 1 unspecified atom stereocenters. The summed E-state index contributed by atoms with van der Waals surface area (Å²) in [5.74, 6) is -0.327. The van der Waals surface area contributed by atoms with Gasteiger partial charge in [0.25, 0.3) is 0 Å². The number of pyridine rings is 1. The fourth-order valence-electron chi connectivity index (χ4n) is 3.94. The SMILES string of the molecule is Cc1ccc(N2CCC(C(N)=O)(c3ccccc3C(C)C)C2)c(OC(F)F)n1. The first kappa shape index (κ1) is 20.0. The van der Waals surface area contributed by atoms with Crippen molar-refractivity contribution in [3.05, 3.63) is 53.2 Å². The molecule has 1 amide bonds. The number of nitrogens with two attached hydrogens (primary N) is 1. The molecular weight excluding hydrogens is 364 g/mol. The van der Waals surface area contributed by atoms with Gasteiger partial charge < -0.3 is 15.4 Å². The number of aromatic nitrogens is 1. The Hall–Kier alpha value is -2.70. The molecule has 1 saturated heterocycles. The largest absolute Gasteiger partial charge is 0.415 e. The molecule has 1 aromatic heterocycles. The van der Waals surface area contributed by atoms with Crippen LogP contribution in [0.4, 0.5) is 14.5 Å². The van der Waals surface area contributed by atoms with Crippen LogP contribution in [-0.4, -0.2) is 30.6 Å². The van der Waals surface area contributed by atoms with Gasteiger partial charge in [0, 0.05) is 18.8 Å². The van der Waals surface area contributed by atoms with Crippen molar-refractivity contribution in [1.82, 2.24) is 4.98 Å². The van der Waals surface area contributed by atoms with Crippen molar-refractivity contribution < 1.29 is 18.3 Å². The quantitative estimate of drug-likeness (QED) is 0.817. The molecule has 5 nitrogen and oxygen atoms in total. The van der Waals surface area contributed by atoms with Crippen LogP contribution in [0.1, 0.15) is 43.0 Å². The van der Waals surface area contributed by atoms with Crippen LogP contribution in [-0.2, 0) is 10.2 Å². The first-order chi connectivity index (χ1) is 13.2. The van der Waals surface area contributed by atoms with E-state index in [-0.39, 0.29) is 18.3 Å². The Balaban J connectivity index is 2.02. The molecule has 2 aromatic rings. The molecule has 0 radical (unpaired) electrons. The van der Waals surface area contributed by atoms with Crippen LogP contribution >= 0.6 is 0 Å². The van der Waals surface area contributed by atoms with Crippen molar-refractivity contribution >= 4 is 11.6 Å². The second kappa shape index (κ2) is 7.73. The summed E-state index contributed by atoms with van der Waals surface area (Å²) in [6.07, 6.45) is 0.494. The van der Waals surface area contributed by atoms with Crippen LogP contribution in [0.25, 0.3) is 0 Å². The molecule has 3 rings (SSSR count). The van der Waals surface area contributed by atoms with Crippen LogP contribution < -0.4 is 15.4 Å². The molecule has 2 N–H and O–H groups in total. The average Bonchev–Trinajstić information content (AvgIpc) is 3.07. The molecule has 1 aromatic carbocycles. The summed E-state index contributed by atoms with van der Waals surface area (Å²) < 4.78 is 30.3. The van der Waals surface area contributed by atoms with Gasteiger partial charge in [-0.25, -0.2) is 4.98 Å². The number of carbonyl (C=O) groups excluding carboxylic acids is 1. The Morgan fingerprint density at radius 2 is 1.96 bits per heavy atom. The zero-order chi connectivity index (χ0) is 20.5. The van der Waals surface area contributed by atoms with Gasteiger partial charge in [-0.15, -0.1) is 0 Å². The Labute approximate surface area is 163 Å². The number of rotatable bonds is 6. The number of ether oxygens (including phenoxy) is 1. The number of nitrogens with zero attached hydrogens (tertiary/aromatic N) is 2. The smallest absolute Gasteiger partial charge is 0.388 e. The first-order valence-electron chi connectivity index (χ1n) is 9.31. The van der Waals surface area contributed by atoms with Gasteiger partial charge in [0.1, 0.15) is 5.69 Å². The lowest BCUT2D eigenvalue weighted by molar-refractivity contribution is -0.122. The molecule has 1 atom stereocenters. The van der Waals surface area contributed by atoms with Gasteiger partial charge in [-0.3, -0.25) is 4.79 Å². The van der Waals surface area contributed by atoms with E-state index in [1.807, 2.05) is 29.2 Å². The van der Waals surface area contributed by atoms with E-state index in [9.17, 15) is 13.6 Å². The summed E-state index contributed by atoms with van der Waals surface area (Å²) in [6.45, 7) is 3.64. The summed E-state index contributed by atoms with van der Waals surface area (Å²) in [5.41, 5.74) is 7.97. The van der Waals surface area contributed by atoms with Crippen molar-refractivity contribution in [2.24, 2.45) is 5.73 Å². The Morgan fingerprint density at radius 1 is 1.25 bits per heavy atom. The second-order valence-corrected chi connectivity index (χ2v) is 7.52. The number of benzene rings is 1. The molecule has 150 valence electrons. The zero-order valence-corrected chi connectivity index (χ0v) is 16.3. The minimum atomic E-state index is -2.97. The van der Waals surface area contributed by atoms with Crippen LogP contribution in [0.2, 0.25) is 0 Å². The predicted octanol–water partition coefficient (Wildman–Crippen LogP) is 3.75. The number of hydrogen-bond donors (Lipinski definition) is 1. The standard InChI is InChI=1S/C21H25F2N3O2/c1-13(2)15-6-4-5-7-16(15)21(19(24)27)10-11-26(12-21)17-9-8-14(3)25-18(17)28-20(22)23/h4-9,13,20H,10-12H2,1-3H3,(H2,24,27). The van der Waals surface area contributed by atoms with Gasteiger partial charge >= 0.3 is 6.61 Å². The highest BCUT2D eigenvalue weighted by Gasteiger charge is 2.46. The number of primary amides is 1. The summed E-state index contributed by atoms with van der Waals surface area (Å²) in [5, 5.41) is 0. The van der Waals surface area contributed by atoms with Crippen LogP contribution in [0.5, 0.6) is 5.88 Å². The van der Waals surface area contributed by atoms with Gasteiger partial charge in [-0.05, 0) is 42.5 Å². The number of aryl methyl sites for hydroxylation is 1. The summed E-state index contributed by atoms with van der Waals surface area (Å²) >= 11 is 0. The number of alkyl halides is 2. The Bertz CT molecular complexity index is 872. The average molecular weight is 389 g/mol. The molecule has 2 heterocycles. The van der Waals surface area contributed by atoms with Gasteiger partial charge in [0.2, 0.25) is 11.8 Å². The van der Waals surface area contributed by atoms with Crippen LogP contribution in [0.15, 0.2) is 36.4 Å². The molecule has 1 aliphatic rings. The van der Waals surface area contributed by atoms with Crippen molar-refractivity contribution in [3.63, 3.8) is 0 Å². The minimum absolute atomic E-state index is 0.132. The normalized spacial score (nSPS) is 19.5. The molecule has 1 aliphatic heterocycles. The lowest BCUT2D eigenvalue weighted by Crippen LogP contribution is -2.44. The van der Waals surface area contributed by atoms with Gasteiger partial charge in [0.05, 0.1) is 5.41 Å².